The van der Waals surface area contributed by atoms with Gasteiger partial charge in [-0.15, -0.1) is 0 Å². The molecule has 0 bridgehead atoms. The average molecular weight is 359 g/mol. The molecule has 0 radical (unpaired) electrons. The molecule has 2 fully saturated rings. The van der Waals surface area contributed by atoms with Gasteiger partial charge in [-0.3, -0.25) is 9.78 Å². The molecule has 1 aliphatic heterocycles. The molecular formula is C20H29N3O3. The number of carbonyl (C=O) groups is 2. The highest BCUT2D eigenvalue weighted by Crippen LogP contribution is 2.21. The molecule has 26 heavy (non-hydrogen) atoms. The van der Waals surface area contributed by atoms with Crippen LogP contribution in [-0.2, 0) is 4.74 Å². The minimum absolute atomic E-state index is 0.0352. The standard InChI is InChI=1S/C20H29N3O3/c24-19(18-10-3-4-11-21-18)16-7-5-13-23(15-16)20(25)22-12-6-14-26-17-8-1-2-9-17/h3-4,10-11,16-17H,1-2,5-9,12-15H2,(H,22,25)/t16-/m1/s1. The summed E-state index contributed by atoms with van der Waals surface area (Å²) in [6.07, 6.45) is 9.43. The number of urea groups is 1. The summed E-state index contributed by atoms with van der Waals surface area (Å²) in [5.41, 5.74) is 0.490. The Morgan fingerprint density at radius 1 is 1.19 bits per heavy atom. The van der Waals surface area contributed by atoms with Crippen molar-refractivity contribution in [1.82, 2.24) is 15.2 Å². The van der Waals surface area contributed by atoms with Gasteiger partial charge in [-0.1, -0.05) is 18.9 Å². The van der Waals surface area contributed by atoms with Gasteiger partial charge in [0.25, 0.3) is 0 Å². The zero-order chi connectivity index (χ0) is 18.2. The van der Waals surface area contributed by atoms with Crippen molar-refractivity contribution in [3.63, 3.8) is 0 Å². The Balaban J connectivity index is 1.38. The summed E-state index contributed by atoms with van der Waals surface area (Å²) in [4.78, 5) is 30.8. The molecule has 1 atom stereocenters. The van der Waals surface area contributed by atoms with Crippen LogP contribution in [0, 0.1) is 5.92 Å². The van der Waals surface area contributed by atoms with Crippen molar-refractivity contribution in [2.45, 2.75) is 51.0 Å². The van der Waals surface area contributed by atoms with E-state index >= 15 is 0 Å². The van der Waals surface area contributed by atoms with E-state index in [-0.39, 0.29) is 17.7 Å². The molecule has 2 amide bonds. The molecule has 1 aromatic rings. The number of rotatable bonds is 7. The van der Waals surface area contributed by atoms with Gasteiger partial charge in [0.15, 0.2) is 5.78 Å². The van der Waals surface area contributed by atoms with E-state index in [0.717, 1.165) is 19.3 Å². The van der Waals surface area contributed by atoms with Crippen LogP contribution >= 0.6 is 0 Å². The summed E-state index contributed by atoms with van der Waals surface area (Å²) < 4.78 is 5.81. The lowest BCUT2D eigenvalue weighted by atomic mass is 9.92. The van der Waals surface area contributed by atoms with Crippen molar-refractivity contribution in [2.75, 3.05) is 26.2 Å². The van der Waals surface area contributed by atoms with Gasteiger partial charge in [0.2, 0.25) is 0 Å². The number of carbonyl (C=O) groups excluding carboxylic acids is 2. The molecule has 3 rings (SSSR count). The van der Waals surface area contributed by atoms with E-state index in [4.69, 9.17) is 4.74 Å². The van der Waals surface area contributed by atoms with Crippen LogP contribution in [-0.4, -0.2) is 54.0 Å². The number of piperidine rings is 1. The molecule has 2 aliphatic rings. The van der Waals surface area contributed by atoms with Gasteiger partial charge in [0, 0.05) is 38.4 Å². The largest absolute Gasteiger partial charge is 0.378 e. The first-order valence-electron chi connectivity index (χ1n) is 9.83. The first-order chi connectivity index (χ1) is 12.7. The second-order valence-corrected chi connectivity index (χ2v) is 7.23. The molecule has 142 valence electrons. The first kappa shape index (κ1) is 18.8. The number of aromatic nitrogens is 1. The van der Waals surface area contributed by atoms with Gasteiger partial charge in [-0.25, -0.2) is 4.79 Å². The van der Waals surface area contributed by atoms with E-state index in [9.17, 15) is 9.59 Å². The number of nitrogens with one attached hydrogen (secondary N) is 1. The Kier molecular flexibility index (Phi) is 7.00. The second kappa shape index (κ2) is 9.67. The number of hydrogen-bond donors (Lipinski definition) is 1. The smallest absolute Gasteiger partial charge is 0.317 e. The molecule has 2 heterocycles. The van der Waals surface area contributed by atoms with Crippen LogP contribution in [0.3, 0.4) is 0 Å². The van der Waals surface area contributed by atoms with Gasteiger partial charge in [-0.2, -0.15) is 0 Å². The van der Waals surface area contributed by atoms with Crippen LogP contribution in [0.4, 0.5) is 4.79 Å². The van der Waals surface area contributed by atoms with E-state index in [0.29, 0.717) is 38.0 Å². The van der Waals surface area contributed by atoms with E-state index in [1.165, 1.54) is 25.7 Å². The summed E-state index contributed by atoms with van der Waals surface area (Å²) >= 11 is 0. The fraction of sp³-hybridized carbons (Fsp3) is 0.650. The maximum atomic E-state index is 12.6. The number of amides is 2. The van der Waals surface area contributed by atoms with Gasteiger partial charge >= 0.3 is 6.03 Å². The molecule has 1 aromatic heterocycles. The predicted octanol–water partition coefficient (Wildman–Crippen LogP) is 3.04. The number of Topliss-reactive ketones (excluding diaryl/α,β-unsaturated/α-hetero) is 1. The quantitative estimate of drug-likeness (QED) is 0.600. The van der Waals surface area contributed by atoms with Crippen molar-refractivity contribution in [3.8, 4) is 0 Å². The first-order valence-corrected chi connectivity index (χ1v) is 9.83. The lowest BCUT2D eigenvalue weighted by Crippen LogP contribution is -2.47. The minimum Gasteiger partial charge on any atom is -0.378 e. The molecular weight excluding hydrogens is 330 g/mol. The summed E-state index contributed by atoms with van der Waals surface area (Å²) in [5.74, 6) is -0.122. The predicted molar refractivity (Wildman–Crippen MR) is 99.1 cm³/mol. The van der Waals surface area contributed by atoms with Crippen LogP contribution in [0.2, 0.25) is 0 Å². The van der Waals surface area contributed by atoms with Crippen LogP contribution in [0.25, 0.3) is 0 Å². The Labute approximate surface area is 155 Å². The number of ketones is 1. The summed E-state index contributed by atoms with van der Waals surface area (Å²) in [6, 6.07) is 5.28. The molecule has 0 aromatic carbocycles. The van der Waals surface area contributed by atoms with Crippen LogP contribution in [0.1, 0.15) is 55.4 Å². The number of pyridine rings is 1. The van der Waals surface area contributed by atoms with Gasteiger partial charge in [0.1, 0.15) is 5.69 Å². The molecule has 1 aliphatic carbocycles. The molecule has 0 unspecified atom stereocenters. The number of ether oxygens (including phenoxy) is 1. The maximum absolute atomic E-state index is 12.6. The minimum atomic E-state index is -0.157. The summed E-state index contributed by atoms with van der Waals surface area (Å²) in [5, 5.41) is 2.96. The highest BCUT2D eigenvalue weighted by Gasteiger charge is 2.29. The van der Waals surface area contributed by atoms with Crippen molar-refractivity contribution in [2.24, 2.45) is 5.92 Å². The van der Waals surface area contributed by atoms with Crippen molar-refractivity contribution in [1.29, 1.82) is 0 Å². The Bertz CT molecular complexity index is 587. The molecule has 0 spiro atoms. The van der Waals surface area contributed by atoms with Crippen molar-refractivity contribution < 1.29 is 14.3 Å². The highest BCUT2D eigenvalue weighted by atomic mass is 16.5. The zero-order valence-electron chi connectivity index (χ0n) is 15.4. The molecule has 1 saturated carbocycles. The fourth-order valence-electron chi connectivity index (χ4n) is 3.78. The maximum Gasteiger partial charge on any atom is 0.317 e. The monoisotopic (exact) mass is 359 g/mol. The van der Waals surface area contributed by atoms with Crippen LogP contribution < -0.4 is 5.32 Å². The van der Waals surface area contributed by atoms with Gasteiger partial charge in [0.05, 0.1) is 6.10 Å². The second-order valence-electron chi connectivity index (χ2n) is 7.23. The highest BCUT2D eigenvalue weighted by molar-refractivity contribution is 5.96. The number of likely N-dealkylation sites (tertiary alicyclic amines) is 1. The molecule has 6 nitrogen and oxygen atoms in total. The van der Waals surface area contributed by atoms with E-state index < -0.39 is 0 Å². The number of hydrogen-bond acceptors (Lipinski definition) is 4. The lowest BCUT2D eigenvalue weighted by Gasteiger charge is -2.32. The Morgan fingerprint density at radius 2 is 2.04 bits per heavy atom. The summed E-state index contributed by atoms with van der Waals surface area (Å²) in [7, 11) is 0. The van der Waals surface area contributed by atoms with Crippen LogP contribution in [0.5, 0.6) is 0 Å². The topological polar surface area (TPSA) is 71.5 Å². The van der Waals surface area contributed by atoms with Gasteiger partial charge in [-0.05, 0) is 44.2 Å². The normalized spacial score (nSPS) is 20.9. The third kappa shape index (κ3) is 5.27. The average Bonchev–Trinajstić information content (AvgIpc) is 3.21. The third-order valence-corrected chi connectivity index (χ3v) is 5.25. The van der Waals surface area contributed by atoms with E-state index in [2.05, 4.69) is 10.3 Å². The molecule has 6 heteroatoms. The van der Waals surface area contributed by atoms with E-state index in [1.807, 2.05) is 6.07 Å². The van der Waals surface area contributed by atoms with Crippen molar-refractivity contribution in [3.05, 3.63) is 30.1 Å². The van der Waals surface area contributed by atoms with E-state index in [1.54, 1.807) is 23.2 Å². The van der Waals surface area contributed by atoms with Crippen LogP contribution in [0.15, 0.2) is 24.4 Å². The Hall–Kier alpha value is -1.95. The fourth-order valence-corrected chi connectivity index (χ4v) is 3.78. The lowest BCUT2D eigenvalue weighted by molar-refractivity contribution is 0.0569. The Morgan fingerprint density at radius 3 is 2.81 bits per heavy atom. The SMILES string of the molecule is O=C(c1ccccn1)[C@@H]1CCCN(C(=O)NCCCOC2CCCC2)C1. The summed E-state index contributed by atoms with van der Waals surface area (Å²) in [6.45, 7) is 2.49. The molecule has 1 N–H and O–H groups in total. The van der Waals surface area contributed by atoms with Gasteiger partial charge < -0.3 is 15.0 Å². The number of nitrogens with zero attached hydrogens (tertiary/aromatic N) is 2. The molecule has 1 saturated heterocycles. The zero-order valence-corrected chi connectivity index (χ0v) is 15.4. The van der Waals surface area contributed by atoms with Crippen molar-refractivity contribution >= 4 is 11.8 Å². The third-order valence-electron chi connectivity index (χ3n) is 5.25.